The molecule has 0 aliphatic heterocycles. The van der Waals surface area contributed by atoms with Crippen LogP contribution in [0.25, 0.3) is 10.8 Å². The first-order valence-corrected chi connectivity index (χ1v) is 12.4. The van der Waals surface area contributed by atoms with Crippen LogP contribution < -0.4 is 16.2 Å². The van der Waals surface area contributed by atoms with E-state index in [0.717, 1.165) is 23.1 Å². The van der Waals surface area contributed by atoms with Crippen LogP contribution in [0.2, 0.25) is 0 Å². The second-order valence-electron chi connectivity index (χ2n) is 11.2. The number of pyridine rings is 1. The lowest BCUT2D eigenvalue weighted by Crippen LogP contribution is -2.47. The Morgan fingerprint density at radius 2 is 1.67 bits per heavy atom. The zero-order valence-corrected chi connectivity index (χ0v) is 19.9. The fraction of sp³-hybridized carbons (Fsp3) is 0.593. The zero-order chi connectivity index (χ0) is 23.3. The monoisotopic (exact) mass is 449 g/mol. The van der Waals surface area contributed by atoms with E-state index in [4.69, 9.17) is 0 Å². The van der Waals surface area contributed by atoms with Crippen molar-refractivity contribution in [2.45, 2.75) is 64.8 Å². The zero-order valence-electron chi connectivity index (χ0n) is 19.9. The maximum absolute atomic E-state index is 13.3. The Morgan fingerprint density at radius 1 is 1.03 bits per heavy atom. The van der Waals surface area contributed by atoms with Crippen LogP contribution in [0, 0.1) is 29.1 Å². The van der Waals surface area contributed by atoms with Crippen LogP contribution in [0.5, 0.6) is 0 Å². The molecule has 0 radical (unpaired) electrons. The summed E-state index contributed by atoms with van der Waals surface area (Å²) in [5, 5.41) is 7.02. The number of nitrogens with one attached hydrogen (secondary N) is 2. The first-order valence-electron chi connectivity index (χ1n) is 12.4. The van der Waals surface area contributed by atoms with E-state index in [1.165, 1.54) is 43.1 Å². The summed E-state index contributed by atoms with van der Waals surface area (Å²) < 4.78 is 1.51. The molecule has 1 heterocycles. The van der Waals surface area contributed by atoms with Gasteiger partial charge in [-0.1, -0.05) is 19.9 Å². The van der Waals surface area contributed by atoms with Crippen molar-refractivity contribution >= 4 is 28.3 Å². The Morgan fingerprint density at radius 3 is 2.24 bits per heavy atom. The highest BCUT2D eigenvalue weighted by molar-refractivity contribution is 6.02. The van der Waals surface area contributed by atoms with Crippen LogP contribution in [0.3, 0.4) is 0 Å². The van der Waals surface area contributed by atoms with Crippen molar-refractivity contribution in [1.82, 2.24) is 9.88 Å². The molecule has 1 atom stereocenters. The van der Waals surface area contributed by atoms with Gasteiger partial charge in [0.1, 0.15) is 6.04 Å². The van der Waals surface area contributed by atoms with E-state index in [-0.39, 0.29) is 28.7 Å². The molecule has 2 N–H and O–H groups in total. The van der Waals surface area contributed by atoms with Crippen molar-refractivity contribution in [3.8, 4) is 0 Å². The van der Waals surface area contributed by atoms with Crippen molar-refractivity contribution in [3.63, 3.8) is 0 Å². The maximum atomic E-state index is 13.3. The van der Waals surface area contributed by atoms with E-state index in [9.17, 15) is 14.4 Å². The molecule has 6 nitrogen and oxygen atoms in total. The van der Waals surface area contributed by atoms with Crippen molar-refractivity contribution in [2.75, 3.05) is 12.4 Å². The molecule has 2 amide bonds. The molecular formula is C27H35N3O3. The fourth-order valence-electron chi connectivity index (χ4n) is 7.56. The number of anilines is 1. The molecule has 176 valence electrons. The summed E-state index contributed by atoms with van der Waals surface area (Å²) in [6.45, 7) is 3.86. The number of fused-ring (bicyclic) bond motifs is 1. The van der Waals surface area contributed by atoms with E-state index in [1.807, 2.05) is 26.0 Å². The quantitative estimate of drug-likeness (QED) is 0.682. The van der Waals surface area contributed by atoms with Crippen LogP contribution in [0.1, 0.15) is 64.8 Å². The lowest BCUT2D eigenvalue weighted by molar-refractivity contribution is -0.125. The summed E-state index contributed by atoms with van der Waals surface area (Å²) in [6, 6.07) is 6.70. The largest absolute Gasteiger partial charge is 0.357 e. The van der Waals surface area contributed by atoms with Crippen LogP contribution in [-0.2, 0) is 9.59 Å². The molecule has 4 aliphatic carbocycles. The van der Waals surface area contributed by atoms with Gasteiger partial charge in [-0.05, 0) is 85.8 Å². The summed E-state index contributed by atoms with van der Waals surface area (Å²) in [4.78, 5) is 38.9. The minimum atomic E-state index is -0.582. The minimum Gasteiger partial charge on any atom is -0.357 e. The second kappa shape index (κ2) is 8.30. The Kier molecular flexibility index (Phi) is 5.58. The number of rotatable bonds is 6. The van der Waals surface area contributed by atoms with Gasteiger partial charge in [0.2, 0.25) is 11.8 Å². The molecular weight excluding hydrogens is 414 g/mol. The Balaban J connectivity index is 1.40. The summed E-state index contributed by atoms with van der Waals surface area (Å²) in [6.07, 6.45) is 9.95. The molecule has 1 unspecified atom stereocenters. The third kappa shape index (κ3) is 3.98. The van der Waals surface area contributed by atoms with E-state index in [0.29, 0.717) is 17.5 Å². The van der Waals surface area contributed by atoms with Gasteiger partial charge in [0, 0.05) is 36.1 Å². The van der Waals surface area contributed by atoms with Crippen molar-refractivity contribution < 1.29 is 9.59 Å². The standard InChI is InChI=1S/C27H35N3O3/c1-16(2)24(25(32)28-3)30-8-7-20-21(26(30)33)5-4-6-22(20)29-23(31)15-27-12-17-9-18(13-27)11-19(10-17)14-27/h4-8,16-19,24H,9-15H2,1-3H3,(H,28,32)(H,29,31). The molecule has 6 rings (SSSR count). The van der Waals surface area contributed by atoms with E-state index >= 15 is 0 Å². The number of hydrogen-bond donors (Lipinski definition) is 2. The van der Waals surface area contributed by atoms with Crippen LogP contribution >= 0.6 is 0 Å². The van der Waals surface area contributed by atoms with Crippen molar-refractivity contribution in [2.24, 2.45) is 29.1 Å². The van der Waals surface area contributed by atoms with Gasteiger partial charge in [0.25, 0.3) is 5.56 Å². The summed E-state index contributed by atoms with van der Waals surface area (Å²) >= 11 is 0. The van der Waals surface area contributed by atoms with E-state index in [2.05, 4.69) is 10.6 Å². The first kappa shape index (κ1) is 22.2. The van der Waals surface area contributed by atoms with Gasteiger partial charge in [0.15, 0.2) is 0 Å². The molecule has 33 heavy (non-hydrogen) atoms. The summed E-state index contributed by atoms with van der Waals surface area (Å²) in [5.74, 6) is 2.27. The molecule has 2 aromatic rings. The molecule has 4 bridgehead atoms. The number of likely N-dealkylation sites (N-methyl/N-ethyl adjacent to an activating group) is 1. The predicted molar refractivity (Wildman–Crippen MR) is 130 cm³/mol. The number of aromatic nitrogens is 1. The number of hydrogen-bond acceptors (Lipinski definition) is 3. The van der Waals surface area contributed by atoms with Gasteiger partial charge < -0.3 is 15.2 Å². The van der Waals surface area contributed by atoms with Crippen LogP contribution in [0.4, 0.5) is 5.69 Å². The smallest absolute Gasteiger partial charge is 0.259 e. The number of benzene rings is 1. The van der Waals surface area contributed by atoms with Gasteiger partial charge in [0.05, 0.1) is 0 Å². The predicted octanol–water partition coefficient (Wildman–Crippen LogP) is 4.49. The third-order valence-electron chi connectivity index (χ3n) is 8.39. The van der Waals surface area contributed by atoms with Gasteiger partial charge in [-0.3, -0.25) is 14.4 Å². The number of nitrogens with zero attached hydrogens (tertiary/aromatic N) is 1. The molecule has 6 heteroatoms. The van der Waals surface area contributed by atoms with Gasteiger partial charge >= 0.3 is 0 Å². The number of carbonyl (C=O) groups is 2. The highest BCUT2D eigenvalue weighted by atomic mass is 16.2. The van der Waals surface area contributed by atoms with Crippen molar-refractivity contribution in [3.05, 3.63) is 40.8 Å². The molecule has 1 aromatic heterocycles. The number of amides is 2. The average molecular weight is 450 g/mol. The molecule has 0 saturated heterocycles. The first-order chi connectivity index (χ1) is 15.8. The van der Waals surface area contributed by atoms with Gasteiger partial charge in [-0.25, -0.2) is 0 Å². The fourth-order valence-corrected chi connectivity index (χ4v) is 7.56. The topological polar surface area (TPSA) is 80.2 Å². The molecule has 1 aromatic carbocycles. The summed E-state index contributed by atoms with van der Waals surface area (Å²) in [7, 11) is 1.58. The van der Waals surface area contributed by atoms with Crippen LogP contribution in [0.15, 0.2) is 35.3 Å². The molecule has 0 spiro atoms. The third-order valence-corrected chi connectivity index (χ3v) is 8.39. The Labute approximate surface area is 195 Å². The van der Waals surface area contributed by atoms with Gasteiger partial charge in [-0.2, -0.15) is 0 Å². The SMILES string of the molecule is CNC(=O)C(C(C)C)n1ccc2c(NC(=O)CC34CC5CC(CC(C5)C3)C4)cccc2c1=O. The summed E-state index contributed by atoms with van der Waals surface area (Å²) in [5.41, 5.74) is 0.633. The van der Waals surface area contributed by atoms with Gasteiger partial charge in [-0.15, -0.1) is 0 Å². The molecule has 4 saturated carbocycles. The maximum Gasteiger partial charge on any atom is 0.259 e. The highest BCUT2D eigenvalue weighted by Crippen LogP contribution is 2.61. The Bertz CT molecular complexity index is 1110. The van der Waals surface area contributed by atoms with E-state index in [1.54, 1.807) is 25.4 Å². The minimum absolute atomic E-state index is 0.0386. The lowest BCUT2D eigenvalue weighted by Gasteiger charge is -2.56. The molecule has 4 aliphatic rings. The van der Waals surface area contributed by atoms with Crippen LogP contribution in [-0.4, -0.2) is 23.4 Å². The van der Waals surface area contributed by atoms with Crippen molar-refractivity contribution in [1.29, 1.82) is 0 Å². The molecule has 4 fully saturated rings. The second-order valence-corrected chi connectivity index (χ2v) is 11.2. The number of carbonyl (C=O) groups excluding carboxylic acids is 2. The Hall–Kier alpha value is -2.63. The van der Waals surface area contributed by atoms with E-state index < -0.39 is 6.04 Å². The highest BCUT2D eigenvalue weighted by Gasteiger charge is 2.51. The normalized spacial score (nSPS) is 28.8. The average Bonchev–Trinajstić information content (AvgIpc) is 2.74. The lowest BCUT2D eigenvalue weighted by atomic mass is 9.49.